The van der Waals surface area contributed by atoms with Gasteiger partial charge in [-0.05, 0) is 18.1 Å². The van der Waals surface area contributed by atoms with Gasteiger partial charge >= 0.3 is 0 Å². The SMILES string of the molecule is CC(C)[C@H](NC(=O)CCc1ncc(-c2ccccc2)o1)c1nc2ccccc2[nH]1. The van der Waals surface area contributed by atoms with Crippen LogP contribution in [0, 0.1) is 5.92 Å². The van der Waals surface area contributed by atoms with Crippen LogP contribution < -0.4 is 5.32 Å². The van der Waals surface area contributed by atoms with E-state index in [9.17, 15) is 4.79 Å². The molecule has 1 amide bonds. The first kappa shape index (κ1) is 18.9. The van der Waals surface area contributed by atoms with Gasteiger partial charge in [-0.2, -0.15) is 0 Å². The molecule has 1 atom stereocenters. The lowest BCUT2D eigenvalue weighted by Crippen LogP contribution is -2.32. The minimum Gasteiger partial charge on any atom is -0.441 e. The fourth-order valence-corrected chi connectivity index (χ4v) is 3.30. The Hall–Kier alpha value is -3.41. The number of para-hydroxylation sites is 2. The molecule has 148 valence electrons. The van der Waals surface area contributed by atoms with Gasteiger partial charge in [-0.1, -0.05) is 56.3 Å². The predicted octanol–water partition coefficient (Wildman–Crippen LogP) is 4.66. The molecule has 0 radical (unpaired) electrons. The van der Waals surface area contributed by atoms with Gasteiger partial charge in [-0.25, -0.2) is 9.97 Å². The van der Waals surface area contributed by atoms with Crippen LogP contribution in [0.3, 0.4) is 0 Å². The largest absolute Gasteiger partial charge is 0.441 e. The summed E-state index contributed by atoms with van der Waals surface area (Å²) >= 11 is 0. The third-order valence-electron chi connectivity index (χ3n) is 4.86. The molecule has 2 heterocycles. The predicted molar refractivity (Wildman–Crippen MR) is 112 cm³/mol. The number of aromatic nitrogens is 3. The summed E-state index contributed by atoms with van der Waals surface area (Å²) in [7, 11) is 0. The van der Waals surface area contributed by atoms with Crippen LogP contribution >= 0.6 is 0 Å². The lowest BCUT2D eigenvalue weighted by molar-refractivity contribution is -0.122. The molecule has 0 aliphatic carbocycles. The maximum atomic E-state index is 12.6. The van der Waals surface area contributed by atoms with E-state index in [1.165, 1.54) is 0 Å². The highest BCUT2D eigenvalue weighted by molar-refractivity contribution is 5.77. The van der Waals surface area contributed by atoms with E-state index in [0.29, 0.717) is 24.5 Å². The minimum absolute atomic E-state index is 0.0522. The van der Waals surface area contributed by atoms with Gasteiger partial charge in [0.25, 0.3) is 0 Å². The van der Waals surface area contributed by atoms with Gasteiger partial charge in [0.1, 0.15) is 5.82 Å². The van der Waals surface area contributed by atoms with Crippen molar-refractivity contribution in [2.75, 3.05) is 0 Å². The van der Waals surface area contributed by atoms with Crippen molar-refractivity contribution < 1.29 is 9.21 Å². The van der Waals surface area contributed by atoms with Gasteiger partial charge in [0, 0.05) is 18.4 Å². The van der Waals surface area contributed by atoms with Crippen LogP contribution in [0.1, 0.15) is 38.0 Å². The number of benzene rings is 2. The molecule has 2 aromatic heterocycles. The monoisotopic (exact) mass is 388 g/mol. The molecular formula is C23H24N4O2. The quantitative estimate of drug-likeness (QED) is 0.482. The fourth-order valence-electron chi connectivity index (χ4n) is 3.30. The van der Waals surface area contributed by atoms with E-state index in [1.807, 2.05) is 54.6 Å². The number of amides is 1. The zero-order valence-electron chi connectivity index (χ0n) is 16.6. The number of imidazole rings is 1. The third kappa shape index (κ3) is 4.37. The second-order valence-electron chi connectivity index (χ2n) is 7.41. The van der Waals surface area contributed by atoms with Crippen LogP contribution in [0.2, 0.25) is 0 Å². The number of rotatable bonds is 7. The van der Waals surface area contributed by atoms with E-state index in [4.69, 9.17) is 4.42 Å². The average molecular weight is 388 g/mol. The van der Waals surface area contributed by atoms with Gasteiger partial charge in [-0.3, -0.25) is 4.79 Å². The molecule has 0 unspecified atom stereocenters. The number of hydrogen-bond acceptors (Lipinski definition) is 4. The molecule has 0 fully saturated rings. The Morgan fingerprint density at radius 3 is 2.62 bits per heavy atom. The molecular weight excluding hydrogens is 364 g/mol. The highest BCUT2D eigenvalue weighted by atomic mass is 16.4. The summed E-state index contributed by atoms with van der Waals surface area (Å²) < 4.78 is 5.79. The molecule has 29 heavy (non-hydrogen) atoms. The van der Waals surface area contributed by atoms with Gasteiger partial charge in [0.2, 0.25) is 5.91 Å². The summed E-state index contributed by atoms with van der Waals surface area (Å²) in [5.41, 5.74) is 2.84. The van der Waals surface area contributed by atoms with Crippen LogP contribution in [0.25, 0.3) is 22.4 Å². The topological polar surface area (TPSA) is 83.8 Å². The lowest BCUT2D eigenvalue weighted by atomic mass is 10.0. The Balaban J connectivity index is 1.39. The van der Waals surface area contributed by atoms with Crippen LogP contribution in [0.15, 0.2) is 65.2 Å². The van der Waals surface area contributed by atoms with Crippen LogP contribution in [0.5, 0.6) is 0 Å². The summed E-state index contributed by atoms with van der Waals surface area (Å²) in [4.78, 5) is 24.8. The Labute approximate surface area is 169 Å². The molecule has 6 nitrogen and oxygen atoms in total. The molecule has 2 N–H and O–H groups in total. The lowest BCUT2D eigenvalue weighted by Gasteiger charge is -2.20. The van der Waals surface area contributed by atoms with Crippen LogP contribution in [-0.4, -0.2) is 20.9 Å². The van der Waals surface area contributed by atoms with Gasteiger partial charge < -0.3 is 14.7 Å². The molecule has 0 spiro atoms. The maximum Gasteiger partial charge on any atom is 0.221 e. The zero-order chi connectivity index (χ0) is 20.2. The fraction of sp³-hybridized carbons (Fsp3) is 0.261. The number of oxazole rings is 1. The zero-order valence-corrected chi connectivity index (χ0v) is 16.6. The van der Waals surface area contributed by atoms with Crippen LogP contribution in [0.4, 0.5) is 0 Å². The minimum atomic E-state index is -0.181. The van der Waals surface area contributed by atoms with Crippen molar-refractivity contribution in [3.63, 3.8) is 0 Å². The van der Waals surface area contributed by atoms with E-state index >= 15 is 0 Å². The second-order valence-corrected chi connectivity index (χ2v) is 7.41. The summed E-state index contributed by atoms with van der Waals surface area (Å²) in [6.45, 7) is 4.14. The molecule has 0 aliphatic rings. The summed E-state index contributed by atoms with van der Waals surface area (Å²) in [6.07, 6.45) is 2.45. The number of aromatic amines is 1. The summed E-state index contributed by atoms with van der Waals surface area (Å²) in [5, 5.41) is 3.10. The van der Waals surface area contributed by atoms with Crippen molar-refractivity contribution in [2.24, 2.45) is 5.92 Å². The van der Waals surface area contributed by atoms with E-state index in [1.54, 1.807) is 6.20 Å². The van der Waals surface area contributed by atoms with Crippen molar-refractivity contribution in [3.05, 3.63) is 72.5 Å². The number of carbonyl (C=O) groups is 1. The second kappa shape index (κ2) is 8.31. The number of fused-ring (bicyclic) bond motifs is 1. The number of H-pyrrole nitrogens is 1. The van der Waals surface area contributed by atoms with Gasteiger partial charge in [0.05, 0.1) is 23.3 Å². The highest BCUT2D eigenvalue weighted by Gasteiger charge is 2.22. The first-order valence-electron chi connectivity index (χ1n) is 9.84. The molecule has 0 aliphatic heterocycles. The number of carbonyl (C=O) groups excluding carboxylic acids is 1. The smallest absolute Gasteiger partial charge is 0.221 e. The van der Waals surface area contributed by atoms with Gasteiger partial charge in [-0.15, -0.1) is 0 Å². The molecule has 0 saturated heterocycles. The first-order valence-corrected chi connectivity index (χ1v) is 9.84. The van der Waals surface area contributed by atoms with E-state index in [-0.39, 0.29) is 17.9 Å². The standard InChI is InChI=1S/C23H24N4O2/c1-15(2)22(23-25-17-10-6-7-11-18(17)26-23)27-20(28)12-13-21-24-14-19(29-21)16-8-4-3-5-9-16/h3-11,14-15,22H,12-13H2,1-2H3,(H,25,26)(H,27,28)/t22-/m0/s1. The normalized spacial score (nSPS) is 12.4. The maximum absolute atomic E-state index is 12.6. The van der Waals surface area contributed by atoms with E-state index in [0.717, 1.165) is 22.4 Å². The number of hydrogen-bond donors (Lipinski definition) is 2. The Bertz CT molecular complexity index is 1070. The molecule has 0 saturated carbocycles. The van der Waals surface area contributed by atoms with Crippen molar-refractivity contribution in [1.29, 1.82) is 0 Å². The Morgan fingerprint density at radius 2 is 1.86 bits per heavy atom. The highest BCUT2D eigenvalue weighted by Crippen LogP contribution is 2.23. The van der Waals surface area contributed by atoms with Crippen molar-refractivity contribution >= 4 is 16.9 Å². The first-order chi connectivity index (χ1) is 14.1. The van der Waals surface area contributed by atoms with E-state index < -0.39 is 0 Å². The van der Waals surface area contributed by atoms with Crippen molar-refractivity contribution in [1.82, 2.24) is 20.3 Å². The molecule has 2 aromatic carbocycles. The van der Waals surface area contributed by atoms with Crippen molar-refractivity contribution in [2.45, 2.75) is 32.7 Å². The van der Waals surface area contributed by atoms with E-state index in [2.05, 4.69) is 34.1 Å². The number of nitrogens with one attached hydrogen (secondary N) is 2. The van der Waals surface area contributed by atoms with Gasteiger partial charge in [0.15, 0.2) is 11.7 Å². The summed E-state index contributed by atoms with van der Waals surface area (Å²) in [5.74, 6) is 2.19. The number of aryl methyl sites for hydroxylation is 1. The number of nitrogens with zero attached hydrogens (tertiary/aromatic N) is 2. The van der Waals surface area contributed by atoms with Crippen LogP contribution in [-0.2, 0) is 11.2 Å². The Morgan fingerprint density at radius 1 is 1.10 bits per heavy atom. The van der Waals surface area contributed by atoms with Crippen molar-refractivity contribution in [3.8, 4) is 11.3 Å². The summed E-state index contributed by atoms with van der Waals surface area (Å²) in [6, 6.07) is 17.5. The average Bonchev–Trinajstić information content (AvgIpc) is 3.38. The molecule has 4 aromatic rings. The molecule has 0 bridgehead atoms. The third-order valence-corrected chi connectivity index (χ3v) is 4.86. The molecule has 6 heteroatoms. The molecule has 4 rings (SSSR count). The Kier molecular flexibility index (Phi) is 5.42.